The topological polar surface area (TPSA) is 113 Å². The number of ketones is 1. The van der Waals surface area contributed by atoms with Crippen molar-refractivity contribution in [1.82, 2.24) is 30.2 Å². The number of nitrogens with zero attached hydrogens (tertiary/aromatic N) is 4. The molecule has 9 heteroatoms. The van der Waals surface area contributed by atoms with E-state index in [1.54, 1.807) is 18.2 Å². The van der Waals surface area contributed by atoms with Gasteiger partial charge in [-0.3, -0.25) is 24.2 Å². The minimum atomic E-state index is -0.178. The van der Waals surface area contributed by atoms with Gasteiger partial charge in [0, 0.05) is 48.3 Å². The van der Waals surface area contributed by atoms with Gasteiger partial charge in [-0.15, -0.1) is 0 Å². The number of benzene rings is 1. The Bertz CT molecular complexity index is 1380. The van der Waals surface area contributed by atoms with E-state index in [1.807, 2.05) is 15.8 Å². The number of amides is 2. The van der Waals surface area contributed by atoms with Crippen molar-refractivity contribution in [1.29, 1.82) is 0 Å². The molecule has 3 aliphatic rings. The highest BCUT2D eigenvalue weighted by Crippen LogP contribution is 2.43. The highest BCUT2D eigenvalue weighted by molar-refractivity contribution is 6.06. The van der Waals surface area contributed by atoms with Gasteiger partial charge in [-0.05, 0) is 76.5 Å². The molecule has 36 heavy (non-hydrogen) atoms. The van der Waals surface area contributed by atoms with Gasteiger partial charge < -0.3 is 10.2 Å². The summed E-state index contributed by atoms with van der Waals surface area (Å²) in [6, 6.07) is 5.61. The van der Waals surface area contributed by atoms with Crippen molar-refractivity contribution in [2.75, 3.05) is 13.1 Å². The lowest BCUT2D eigenvalue weighted by Crippen LogP contribution is -2.46. The van der Waals surface area contributed by atoms with Crippen molar-refractivity contribution in [2.45, 2.75) is 70.9 Å². The Labute approximate surface area is 209 Å². The molecular formula is C27H32N6O3. The fourth-order valence-electron chi connectivity index (χ4n) is 5.54. The first-order chi connectivity index (χ1) is 17.1. The molecular weight excluding hydrogens is 456 g/mol. The van der Waals surface area contributed by atoms with E-state index in [0.29, 0.717) is 42.0 Å². The number of hydrogen-bond donors (Lipinski definition) is 2. The maximum absolute atomic E-state index is 13.3. The summed E-state index contributed by atoms with van der Waals surface area (Å²) in [5.41, 5.74) is 2.99. The lowest BCUT2D eigenvalue weighted by atomic mass is 9.67. The molecule has 0 atom stereocenters. The Morgan fingerprint density at radius 1 is 1.14 bits per heavy atom. The molecule has 3 heterocycles. The van der Waals surface area contributed by atoms with Crippen LogP contribution in [0.5, 0.6) is 0 Å². The quantitative estimate of drug-likeness (QED) is 0.586. The zero-order valence-electron chi connectivity index (χ0n) is 21.1. The summed E-state index contributed by atoms with van der Waals surface area (Å²) in [4.78, 5) is 40.6. The molecule has 0 bridgehead atoms. The van der Waals surface area contributed by atoms with E-state index in [-0.39, 0.29) is 34.6 Å². The molecule has 0 radical (unpaired) electrons. The van der Waals surface area contributed by atoms with Gasteiger partial charge in [0.1, 0.15) is 5.69 Å². The number of likely N-dealkylation sites (tertiary alicyclic amines) is 1. The largest absolute Gasteiger partial charge is 0.348 e. The lowest BCUT2D eigenvalue weighted by Gasteiger charge is -2.43. The Hall–Kier alpha value is -3.49. The maximum Gasteiger partial charge on any atom is 0.272 e. The number of fused-ring (bicyclic) bond motifs is 2. The second kappa shape index (κ2) is 8.01. The third-order valence-corrected chi connectivity index (χ3v) is 7.89. The normalized spacial score (nSPS) is 19.5. The number of rotatable bonds is 3. The zero-order chi connectivity index (χ0) is 25.2. The predicted octanol–water partition coefficient (Wildman–Crippen LogP) is 3.46. The number of aromatic nitrogens is 4. The van der Waals surface area contributed by atoms with Crippen LogP contribution in [0.1, 0.15) is 89.8 Å². The molecule has 2 aliphatic carbocycles. The minimum Gasteiger partial charge on any atom is -0.348 e. The molecule has 0 unspecified atom stereocenters. The summed E-state index contributed by atoms with van der Waals surface area (Å²) in [7, 11) is 0. The molecule has 6 rings (SSSR count). The monoisotopic (exact) mass is 488 g/mol. The first-order valence-electron chi connectivity index (χ1n) is 12.8. The molecule has 2 aromatic heterocycles. The number of carbonyl (C=O) groups is 3. The Kier molecular flexibility index (Phi) is 5.10. The number of H-pyrrole nitrogens is 1. The van der Waals surface area contributed by atoms with Crippen LogP contribution in [0.15, 0.2) is 24.4 Å². The third-order valence-electron chi connectivity index (χ3n) is 7.89. The number of hydrogen-bond acceptors (Lipinski definition) is 5. The first-order valence-corrected chi connectivity index (χ1v) is 12.8. The Morgan fingerprint density at radius 2 is 1.89 bits per heavy atom. The highest BCUT2D eigenvalue weighted by Gasteiger charge is 2.43. The molecule has 1 saturated heterocycles. The van der Waals surface area contributed by atoms with Crippen LogP contribution in [0.2, 0.25) is 0 Å². The van der Waals surface area contributed by atoms with Crippen molar-refractivity contribution in [2.24, 2.45) is 5.41 Å². The van der Waals surface area contributed by atoms with Crippen LogP contribution in [-0.4, -0.2) is 61.6 Å². The molecule has 188 valence electrons. The molecule has 1 aliphatic heterocycles. The van der Waals surface area contributed by atoms with Gasteiger partial charge >= 0.3 is 0 Å². The number of nitrogens with one attached hydrogen (secondary N) is 2. The fraction of sp³-hybridized carbons (Fsp3) is 0.519. The summed E-state index contributed by atoms with van der Waals surface area (Å²) in [6.07, 6.45) is 6.97. The highest BCUT2D eigenvalue weighted by atomic mass is 16.2. The van der Waals surface area contributed by atoms with Gasteiger partial charge in [-0.1, -0.05) is 0 Å². The summed E-state index contributed by atoms with van der Waals surface area (Å²) in [5.74, 6) is -0.0960. The van der Waals surface area contributed by atoms with Crippen molar-refractivity contribution in [3.8, 4) is 0 Å². The summed E-state index contributed by atoms with van der Waals surface area (Å²) in [6.45, 7) is 7.48. The van der Waals surface area contributed by atoms with E-state index in [2.05, 4.69) is 41.4 Å². The summed E-state index contributed by atoms with van der Waals surface area (Å²) < 4.78 is 1.90. The smallest absolute Gasteiger partial charge is 0.272 e. The van der Waals surface area contributed by atoms with Crippen LogP contribution >= 0.6 is 0 Å². The van der Waals surface area contributed by atoms with E-state index in [1.165, 1.54) is 0 Å². The molecule has 1 saturated carbocycles. The summed E-state index contributed by atoms with van der Waals surface area (Å²) >= 11 is 0. The Balaban J connectivity index is 1.15. The first kappa shape index (κ1) is 22.9. The van der Waals surface area contributed by atoms with Gasteiger partial charge in [0.15, 0.2) is 11.5 Å². The standard InChI is InChI=1S/C27H32N6O3/c1-26(2,3)33-15-17-13-27(14-21(34)22(17)31-33)8-10-32(11-9-27)25(36)16-4-7-19-20(12-16)29-30-23(19)24(35)28-18-5-6-18/h4,7,12,15,18H,5-6,8-11,13-14H2,1-3H3,(H,28,35)(H,29,30). The van der Waals surface area contributed by atoms with Crippen LogP contribution in [0.25, 0.3) is 10.9 Å². The summed E-state index contributed by atoms with van der Waals surface area (Å²) in [5, 5.41) is 15.4. The molecule has 2 fully saturated rings. The molecule has 2 N–H and O–H groups in total. The van der Waals surface area contributed by atoms with E-state index in [9.17, 15) is 14.4 Å². The van der Waals surface area contributed by atoms with Crippen molar-refractivity contribution in [3.63, 3.8) is 0 Å². The number of aromatic amines is 1. The molecule has 1 spiro atoms. The van der Waals surface area contributed by atoms with Gasteiger partial charge in [-0.25, -0.2) is 0 Å². The second-order valence-electron chi connectivity index (χ2n) is 11.8. The number of piperidine rings is 1. The third kappa shape index (κ3) is 4.00. The van der Waals surface area contributed by atoms with Gasteiger partial charge in [0.05, 0.1) is 11.1 Å². The van der Waals surface area contributed by atoms with E-state index >= 15 is 0 Å². The van der Waals surface area contributed by atoms with Crippen LogP contribution in [0.4, 0.5) is 0 Å². The van der Waals surface area contributed by atoms with Gasteiger partial charge in [-0.2, -0.15) is 10.2 Å². The van der Waals surface area contributed by atoms with Crippen molar-refractivity contribution in [3.05, 3.63) is 46.9 Å². The maximum atomic E-state index is 13.3. The average molecular weight is 489 g/mol. The molecule has 2 amide bonds. The minimum absolute atomic E-state index is 0.0336. The zero-order valence-corrected chi connectivity index (χ0v) is 21.1. The molecule has 9 nitrogen and oxygen atoms in total. The van der Waals surface area contributed by atoms with Gasteiger partial charge in [0.25, 0.3) is 11.8 Å². The predicted molar refractivity (Wildman–Crippen MR) is 134 cm³/mol. The fourth-order valence-corrected chi connectivity index (χ4v) is 5.54. The van der Waals surface area contributed by atoms with Crippen LogP contribution in [-0.2, 0) is 12.0 Å². The van der Waals surface area contributed by atoms with Crippen molar-refractivity contribution < 1.29 is 14.4 Å². The lowest BCUT2D eigenvalue weighted by molar-refractivity contribution is 0.0519. The van der Waals surface area contributed by atoms with Crippen LogP contribution in [0.3, 0.4) is 0 Å². The van der Waals surface area contributed by atoms with Crippen LogP contribution in [0, 0.1) is 5.41 Å². The average Bonchev–Trinajstić information content (AvgIpc) is 3.36. The van der Waals surface area contributed by atoms with E-state index in [0.717, 1.165) is 43.1 Å². The number of carbonyl (C=O) groups excluding carboxylic acids is 3. The van der Waals surface area contributed by atoms with Crippen LogP contribution < -0.4 is 5.32 Å². The van der Waals surface area contributed by atoms with E-state index < -0.39 is 0 Å². The Morgan fingerprint density at radius 3 is 2.58 bits per heavy atom. The van der Waals surface area contributed by atoms with Crippen molar-refractivity contribution >= 4 is 28.5 Å². The second-order valence-corrected chi connectivity index (χ2v) is 11.8. The number of Topliss-reactive ketones (excluding diaryl/α,β-unsaturated/α-hetero) is 1. The van der Waals surface area contributed by atoms with Gasteiger partial charge in [0.2, 0.25) is 0 Å². The molecule has 3 aromatic rings. The SMILES string of the molecule is CC(C)(C)n1cc2c(n1)C(=O)CC1(CCN(C(=O)c3ccc4c(C(=O)NC5CC5)n[nH]c4c3)CC1)C2. The van der Waals surface area contributed by atoms with E-state index in [4.69, 9.17) is 0 Å². The molecule has 1 aromatic carbocycles.